The van der Waals surface area contributed by atoms with E-state index in [2.05, 4.69) is 28.9 Å². The zero-order valence-corrected chi connectivity index (χ0v) is 19.5. The van der Waals surface area contributed by atoms with Crippen molar-refractivity contribution in [2.45, 2.75) is 57.8 Å². The topological polar surface area (TPSA) is 49.4 Å². The van der Waals surface area contributed by atoms with Gasteiger partial charge in [0.25, 0.3) is 0 Å². The minimum absolute atomic E-state index is 1.14. The molecule has 5 fully saturated rings. The molecular formula is C19H41N7P2. The summed E-state index contributed by atoms with van der Waals surface area (Å²) in [4.78, 5) is 0. The third-order valence-corrected chi connectivity index (χ3v) is 15.9. The van der Waals surface area contributed by atoms with Crippen LogP contribution in [-0.4, -0.2) is 84.1 Å². The van der Waals surface area contributed by atoms with Gasteiger partial charge in [-0.3, -0.25) is 0 Å². The number of rotatable bonds is 5. The van der Waals surface area contributed by atoms with Crippen molar-refractivity contribution in [3.05, 3.63) is 0 Å². The first-order chi connectivity index (χ1) is 13.8. The molecule has 0 unspecified atom stereocenters. The molecule has 0 aromatic carbocycles. The van der Waals surface area contributed by atoms with E-state index in [1.54, 1.807) is 0 Å². The van der Waals surface area contributed by atoms with Crippen molar-refractivity contribution in [1.29, 1.82) is 0 Å². The second-order valence-corrected chi connectivity index (χ2v) is 15.4. The van der Waals surface area contributed by atoms with Crippen molar-refractivity contribution in [2.75, 3.05) is 65.4 Å². The zero-order chi connectivity index (χ0) is 18.9. The standard InChI is InChI=1S/C19H41N7P2/c1-2-13-23(12-1)27(20-10-9-11-21-27)22-28(24-14-3-4-15-24,25-16-5-6-17-25)26-18-7-8-19-26/h20-21,27H,1-19H2. The van der Waals surface area contributed by atoms with Crippen LogP contribution in [0.15, 0.2) is 4.52 Å². The second kappa shape index (κ2) is 8.88. The van der Waals surface area contributed by atoms with Gasteiger partial charge in [0.1, 0.15) is 0 Å². The fourth-order valence-electron chi connectivity index (χ4n) is 5.90. The Kier molecular flexibility index (Phi) is 6.45. The molecule has 5 aliphatic heterocycles. The van der Waals surface area contributed by atoms with Crippen LogP contribution in [0.1, 0.15) is 57.8 Å². The Morgan fingerprint density at radius 2 is 0.929 bits per heavy atom. The second-order valence-electron chi connectivity index (χ2n) is 9.19. The summed E-state index contributed by atoms with van der Waals surface area (Å²) in [5.74, 6) is 0. The summed E-state index contributed by atoms with van der Waals surface area (Å²) in [7, 11) is -4.01. The molecule has 0 bridgehead atoms. The minimum atomic E-state index is -2.20. The molecule has 0 aromatic rings. The number of nitrogens with zero attached hydrogens (tertiary/aromatic N) is 5. The van der Waals surface area contributed by atoms with E-state index < -0.39 is 15.4 Å². The molecule has 0 aliphatic carbocycles. The Morgan fingerprint density at radius 1 is 0.536 bits per heavy atom. The molecule has 0 aromatic heterocycles. The predicted molar refractivity (Wildman–Crippen MR) is 122 cm³/mol. The first kappa shape index (κ1) is 20.3. The maximum absolute atomic E-state index is 6.16. The Hall–Kier alpha value is 0.420. The molecule has 5 aliphatic rings. The first-order valence-corrected chi connectivity index (χ1v) is 15.5. The van der Waals surface area contributed by atoms with Crippen LogP contribution < -0.4 is 10.2 Å². The number of nitrogens with one attached hydrogen (secondary N) is 2. The van der Waals surface area contributed by atoms with Gasteiger partial charge in [0.2, 0.25) is 0 Å². The average Bonchev–Trinajstić information content (AvgIpc) is 3.55. The summed E-state index contributed by atoms with van der Waals surface area (Å²) in [6.45, 7) is 12.3. The third-order valence-electron chi connectivity index (χ3n) is 7.32. The molecule has 0 saturated carbocycles. The average molecular weight is 430 g/mol. The van der Waals surface area contributed by atoms with E-state index in [4.69, 9.17) is 4.52 Å². The van der Waals surface area contributed by atoms with Gasteiger partial charge in [0, 0.05) is 0 Å². The van der Waals surface area contributed by atoms with Crippen molar-refractivity contribution in [3.63, 3.8) is 0 Å². The van der Waals surface area contributed by atoms with Crippen LogP contribution in [0.2, 0.25) is 0 Å². The van der Waals surface area contributed by atoms with Crippen LogP contribution in [0.3, 0.4) is 0 Å². The van der Waals surface area contributed by atoms with Crippen LogP contribution >= 0.6 is 15.4 Å². The fraction of sp³-hybridized carbons (Fsp3) is 1.00. The Labute approximate surface area is 172 Å². The van der Waals surface area contributed by atoms with Gasteiger partial charge >= 0.3 is 172 Å². The molecule has 5 rings (SSSR count). The van der Waals surface area contributed by atoms with Crippen molar-refractivity contribution in [2.24, 2.45) is 4.52 Å². The van der Waals surface area contributed by atoms with Gasteiger partial charge in [-0.25, -0.2) is 0 Å². The Morgan fingerprint density at radius 3 is 1.36 bits per heavy atom. The van der Waals surface area contributed by atoms with Gasteiger partial charge in [-0.2, -0.15) is 0 Å². The monoisotopic (exact) mass is 429 g/mol. The normalized spacial score (nSPS) is 32.3. The molecule has 0 amide bonds. The van der Waals surface area contributed by atoms with Crippen molar-refractivity contribution in [3.8, 4) is 0 Å². The Balaban J connectivity index is 1.63. The molecule has 9 heteroatoms. The molecule has 0 radical (unpaired) electrons. The van der Waals surface area contributed by atoms with E-state index in [0.717, 1.165) is 13.1 Å². The van der Waals surface area contributed by atoms with Crippen molar-refractivity contribution < 1.29 is 0 Å². The SMILES string of the molecule is C1CN[PH](N=P(N2CCCC2)(N2CCCC2)N2CCCC2)(N2CCCC2)NC1. The molecule has 0 atom stereocenters. The zero-order valence-electron chi connectivity index (χ0n) is 17.6. The fourth-order valence-corrected chi connectivity index (χ4v) is 16.2. The van der Waals surface area contributed by atoms with E-state index in [9.17, 15) is 0 Å². The quantitative estimate of drug-likeness (QED) is 0.654. The van der Waals surface area contributed by atoms with Gasteiger partial charge in [0.05, 0.1) is 0 Å². The summed E-state index contributed by atoms with van der Waals surface area (Å²) >= 11 is 0. The number of hydrogen-bond donors (Lipinski definition) is 2. The Bertz CT molecular complexity index is 523. The van der Waals surface area contributed by atoms with Crippen LogP contribution in [-0.2, 0) is 0 Å². The summed E-state index contributed by atoms with van der Waals surface area (Å²) in [5.41, 5.74) is 0. The van der Waals surface area contributed by atoms with Gasteiger partial charge in [0.15, 0.2) is 0 Å². The maximum atomic E-state index is 6.16. The summed E-state index contributed by atoms with van der Waals surface area (Å²) in [6, 6.07) is 0. The van der Waals surface area contributed by atoms with E-state index in [0.29, 0.717) is 0 Å². The van der Waals surface area contributed by atoms with Gasteiger partial charge < -0.3 is 0 Å². The third kappa shape index (κ3) is 3.65. The summed E-state index contributed by atoms with van der Waals surface area (Å²) in [6.07, 6.45) is 12.1. The van der Waals surface area contributed by atoms with Gasteiger partial charge in [-0.15, -0.1) is 0 Å². The van der Waals surface area contributed by atoms with E-state index in [1.807, 2.05) is 0 Å². The van der Waals surface area contributed by atoms with E-state index in [-0.39, 0.29) is 0 Å². The van der Waals surface area contributed by atoms with Gasteiger partial charge in [-0.1, -0.05) is 0 Å². The van der Waals surface area contributed by atoms with Crippen molar-refractivity contribution in [1.82, 2.24) is 28.9 Å². The molecule has 7 nitrogen and oxygen atoms in total. The van der Waals surface area contributed by atoms with Crippen LogP contribution in [0, 0.1) is 0 Å². The van der Waals surface area contributed by atoms with E-state index >= 15 is 0 Å². The summed E-state index contributed by atoms with van der Waals surface area (Å²) in [5, 5.41) is 8.07. The van der Waals surface area contributed by atoms with Crippen molar-refractivity contribution >= 4 is 15.4 Å². The molecule has 2 N–H and O–H groups in total. The van der Waals surface area contributed by atoms with Crippen LogP contribution in [0.25, 0.3) is 0 Å². The van der Waals surface area contributed by atoms with Crippen LogP contribution in [0.5, 0.6) is 0 Å². The molecule has 162 valence electrons. The first-order valence-electron chi connectivity index (χ1n) is 12.0. The van der Waals surface area contributed by atoms with Crippen LogP contribution in [0.4, 0.5) is 0 Å². The molecular weight excluding hydrogens is 388 g/mol. The molecule has 28 heavy (non-hydrogen) atoms. The molecule has 5 heterocycles. The summed E-state index contributed by atoms with van der Waals surface area (Å²) < 4.78 is 17.6. The number of hydrogen-bond acceptors (Lipinski definition) is 4. The van der Waals surface area contributed by atoms with E-state index in [1.165, 1.54) is 110 Å². The van der Waals surface area contributed by atoms with Gasteiger partial charge in [-0.05, 0) is 0 Å². The molecule has 5 saturated heterocycles. The predicted octanol–water partition coefficient (Wildman–Crippen LogP) is 3.31. The molecule has 0 spiro atoms.